The average molecular weight is 246 g/mol. The van der Waals surface area contributed by atoms with E-state index in [1.807, 2.05) is 19.9 Å². The fraction of sp³-hybridized carbons (Fsp3) is 0.231. The molecule has 2 aromatic rings. The lowest BCUT2D eigenvalue weighted by atomic mass is 10.1. The Morgan fingerprint density at radius 1 is 1.50 bits per heavy atom. The number of aryl methyl sites for hydroxylation is 2. The highest BCUT2D eigenvalue weighted by molar-refractivity contribution is 5.91. The second kappa shape index (κ2) is 4.91. The van der Waals surface area contributed by atoms with Gasteiger partial charge in [-0.05, 0) is 25.5 Å². The minimum absolute atomic E-state index is 0.152. The molecule has 1 heterocycles. The number of benzene rings is 1. The maximum absolute atomic E-state index is 11.1. The number of rotatable bonds is 4. The molecule has 0 aliphatic rings. The zero-order chi connectivity index (χ0) is 13.1. The molecule has 5 nitrogen and oxygen atoms in total. The van der Waals surface area contributed by atoms with Crippen molar-refractivity contribution in [3.63, 3.8) is 0 Å². The third kappa shape index (κ3) is 2.34. The summed E-state index contributed by atoms with van der Waals surface area (Å²) in [5.74, 6) is -0.106. The van der Waals surface area contributed by atoms with Crippen LogP contribution >= 0.6 is 0 Å². The van der Waals surface area contributed by atoms with E-state index in [0.717, 1.165) is 12.1 Å². The minimum atomic E-state index is -1.00. The fourth-order valence-electron chi connectivity index (χ4n) is 1.64. The van der Waals surface area contributed by atoms with Gasteiger partial charge >= 0.3 is 5.97 Å². The van der Waals surface area contributed by atoms with Gasteiger partial charge in [-0.1, -0.05) is 12.1 Å². The number of aromatic nitrogens is 2. The first-order valence-electron chi connectivity index (χ1n) is 5.65. The van der Waals surface area contributed by atoms with Crippen LogP contribution in [0.5, 0.6) is 11.5 Å². The maximum Gasteiger partial charge on any atom is 0.339 e. The Labute approximate surface area is 105 Å². The highest BCUT2D eigenvalue weighted by atomic mass is 16.5. The number of ether oxygens (including phenoxy) is 1. The van der Waals surface area contributed by atoms with Gasteiger partial charge in [0.05, 0.1) is 12.4 Å². The van der Waals surface area contributed by atoms with Crippen LogP contribution in [-0.4, -0.2) is 20.9 Å². The van der Waals surface area contributed by atoms with E-state index in [1.165, 1.54) is 6.07 Å². The van der Waals surface area contributed by atoms with Crippen molar-refractivity contribution in [2.24, 2.45) is 0 Å². The third-order valence-electron chi connectivity index (χ3n) is 2.60. The van der Waals surface area contributed by atoms with Gasteiger partial charge in [0.1, 0.15) is 11.3 Å². The first kappa shape index (κ1) is 12.2. The Morgan fingerprint density at radius 2 is 2.28 bits per heavy atom. The van der Waals surface area contributed by atoms with Gasteiger partial charge < -0.3 is 9.84 Å². The van der Waals surface area contributed by atoms with Crippen LogP contribution in [0.3, 0.4) is 0 Å². The van der Waals surface area contributed by atoms with Crippen molar-refractivity contribution in [1.82, 2.24) is 9.78 Å². The Kier molecular flexibility index (Phi) is 3.32. The van der Waals surface area contributed by atoms with Crippen LogP contribution in [0.15, 0.2) is 30.6 Å². The standard InChI is InChI=1S/C13H14N2O3/c1-3-15-8-10(7-14-15)18-12-9(2)5-4-6-11(12)13(16)17/h4-8H,3H2,1-2H3,(H,16,17). The highest BCUT2D eigenvalue weighted by Crippen LogP contribution is 2.28. The monoisotopic (exact) mass is 246 g/mol. The molecule has 0 radical (unpaired) electrons. The predicted molar refractivity (Wildman–Crippen MR) is 66.1 cm³/mol. The maximum atomic E-state index is 11.1. The Hall–Kier alpha value is -2.30. The summed E-state index contributed by atoms with van der Waals surface area (Å²) in [6.45, 7) is 4.52. The molecule has 0 saturated carbocycles. The SMILES string of the molecule is CCn1cc(Oc2c(C)cccc2C(=O)O)cn1. The smallest absolute Gasteiger partial charge is 0.339 e. The van der Waals surface area contributed by atoms with E-state index in [-0.39, 0.29) is 5.56 Å². The molecule has 0 atom stereocenters. The summed E-state index contributed by atoms with van der Waals surface area (Å²) in [6, 6.07) is 5.03. The third-order valence-corrected chi connectivity index (χ3v) is 2.60. The van der Waals surface area contributed by atoms with Crippen LogP contribution < -0.4 is 4.74 Å². The molecule has 1 N–H and O–H groups in total. The molecule has 0 fully saturated rings. The van der Waals surface area contributed by atoms with E-state index >= 15 is 0 Å². The van der Waals surface area contributed by atoms with Gasteiger partial charge in [-0.25, -0.2) is 4.79 Å². The summed E-state index contributed by atoms with van der Waals surface area (Å²) in [5, 5.41) is 13.2. The van der Waals surface area contributed by atoms with Gasteiger partial charge in [0.25, 0.3) is 0 Å². The quantitative estimate of drug-likeness (QED) is 0.900. The molecule has 2 rings (SSSR count). The molecule has 0 amide bonds. The van der Waals surface area contributed by atoms with E-state index in [1.54, 1.807) is 23.1 Å². The van der Waals surface area contributed by atoms with Crippen LogP contribution in [0, 0.1) is 6.92 Å². The Balaban J connectivity index is 2.36. The minimum Gasteiger partial charge on any atom is -0.478 e. The van der Waals surface area contributed by atoms with Crippen molar-refractivity contribution in [1.29, 1.82) is 0 Å². The average Bonchev–Trinajstić information content (AvgIpc) is 2.79. The number of hydrogen-bond acceptors (Lipinski definition) is 3. The Morgan fingerprint density at radius 3 is 2.89 bits per heavy atom. The van der Waals surface area contributed by atoms with Crippen molar-refractivity contribution >= 4 is 5.97 Å². The summed E-state index contributed by atoms with van der Waals surface area (Å²) in [7, 11) is 0. The molecule has 0 aliphatic carbocycles. The Bertz CT molecular complexity index is 575. The number of carbonyl (C=O) groups is 1. The van der Waals surface area contributed by atoms with Crippen molar-refractivity contribution < 1.29 is 14.6 Å². The first-order valence-corrected chi connectivity index (χ1v) is 5.65. The number of aromatic carboxylic acids is 1. The molecule has 94 valence electrons. The zero-order valence-corrected chi connectivity index (χ0v) is 10.3. The second-order valence-electron chi connectivity index (χ2n) is 3.89. The van der Waals surface area contributed by atoms with Gasteiger partial charge in [-0.3, -0.25) is 4.68 Å². The zero-order valence-electron chi connectivity index (χ0n) is 10.3. The van der Waals surface area contributed by atoms with Crippen LogP contribution in [0.2, 0.25) is 0 Å². The molecular weight excluding hydrogens is 232 g/mol. The lowest BCUT2D eigenvalue weighted by Crippen LogP contribution is -2.01. The number of para-hydroxylation sites is 1. The summed E-state index contributed by atoms with van der Waals surface area (Å²) in [4.78, 5) is 11.1. The van der Waals surface area contributed by atoms with E-state index in [9.17, 15) is 4.79 Å². The second-order valence-corrected chi connectivity index (χ2v) is 3.89. The van der Waals surface area contributed by atoms with Crippen LogP contribution in [0.1, 0.15) is 22.8 Å². The fourth-order valence-corrected chi connectivity index (χ4v) is 1.64. The van der Waals surface area contributed by atoms with E-state index < -0.39 is 5.97 Å². The van der Waals surface area contributed by atoms with Gasteiger partial charge in [0, 0.05) is 6.54 Å². The molecular formula is C13H14N2O3. The van der Waals surface area contributed by atoms with E-state index in [4.69, 9.17) is 9.84 Å². The van der Waals surface area contributed by atoms with E-state index in [2.05, 4.69) is 5.10 Å². The van der Waals surface area contributed by atoms with Gasteiger partial charge in [0.15, 0.2) is 5.75 Å². The summed E-state index contributed by atoms with van der Waals surface area (Å²) in [5.41, 5.74) is 0.929. The molecule has 0 unspecified atom stereocenters. The number of nitrogens with zero attached hydrogens (tertiary/aromatic N) is 2. The normalized spacial score (nSPS) is 10.3. The van der Waals surface area contributed by atoms with Crippen molar-refractivity contribution in [2.45, 2.75) is 20.4 Å². The largest absolute Gasteiger partial charge is 0.478 e. The van der Waals surface area contributed by atoms with Crippen LogP contribution in [-0.2, 0) is 6.54 Å². The predicted octanol–water partition coefficient (Wildman–Crippen LogP) is 2.70. The summed E-state index contributed by atoms with van der Waals surface area (Å²) < 4.78 is 7.34. The van der Waals surface area contributed by atoms with Gasteiger partial charge in [-0.2, -0.15) is 5.10 Å². The first-order chi connectivity index (χ1) is 8.61. The van der Waals surface area contributed by atoms with Crippen molar-refractivity contribution in [3.05, 3.63) is 41.7 Å². The summed E-state index contributed by atoms with van der Waals surface area (Å²) in [6.07, 6.45) is 3.31. The molecule has 0 spiro atoms. The molecule has 1 aromatic heterocycles. The molecule has 0 bridgehead atoms. The highest BCUT2D eigenvalue weighted by Gasteiger charge is 2.14. The summed E-state index contributed by atoms with van der Waals surface area (Å²) >= 11 is 0. The van der Waals surface area contributed by atoms with Crippen molar-refractivity contribution in [3.8, 4) is 11.5 Å². The van der Waals surface area contributed by atoms with Gasteiger partial charge in [0.2, 0.25) is 0 Å². The molecule has 0 saturated heterocycles. The van der Waals surface area contributed by atoms with Gasteiger partial charge in [-0.15, -0.1) is 0 Å². The number of hydrogen-bond donors (Lipinski definition) is 1. The molecule has 1 aromatic carbocycles. The van der Waals surface area contributed by atoms with Crippen molar-refractivity contribution in [2.75, 3.05) is 0 Å². The number of carboxylic acid groups (broad SMARTS) is 1. The van der Waals surface area contributed by atoms with Crippen LogP contribution in [0.25, 0.3) is 0 Å². The molecule has 18 heavy (non-hydrogen) atoms. The lowest BCUT2D eigenvalue weighted by molar-refractivity contribution is 0.0694. The van der Waals surface area contributed by atoms with E-state index in [0.29, 0.717) is 11.5 Å². The van der Waals surface area contributed by atoms with Crippen LogP contribution in [0.4, 0.5) is 0 Å². The topological polar surface area (TPSA) is 64.3 Å². The number of carboxylic acids is 1. The molecule has 0 aliphatic heterocycles. The lowest BCUT2D eigenvalue weighted by Gasteiger charge is -2.09. The molecule has 5 heteroatoms.